The standard InChI is InChI=1S/C10H18N4O/c1-6-7(2)13-14-9(11-6)12-10(4,5)8(3)15/h8,15H,1-5H3,(H,11,12,14). The predicted octanol–water partition coefficient (Wildman–Crippen LogP) is 1.06. The van der Waals surface area contributed by atoms with Gasteiger partial charge in [0.1, 0.15) is 0 Å². The number of nitrogens with zero attached hydrogens (tertiary/aromatic N) is 3. The van der Waals surface area contributed by atoms with Crippen LogP contribution in [0.5, 0.6) is 0 Å². The lowest BCUT2D eigenvalue weighted by molar-refractivity contribution is 0.132. The Kier molecular flexibility index (Phi) is 3.24. The van der Waals surface area contributed by atoms with Gasteiger partial charge in [-0.2, -0.15) is 5.10 Å². The van der Waals surface area contributed by atoms with Crippen molar-refractivity contribution in [2.24, 2.45) is 0 Å². The van der Waals surface area contributed by atoms with Gasteiger partial charge in [-0.15, -0.1) is 5.10 Å². The van der Waals surface area contributed by atoms with Gasteiger partial charge in [0.2, 0.25) is 5.95 Å². The van der Waals surface area contributed by atoms with Crippen molar-refractivity contribution in [1.82, 2.24) is 15.2 Å². The zero-order valence-corrected chi connectivity index (χ0v) is 9.87. The Morgan fingerprint density at radius 1 is 1.20 bits per heavy atom. The number of aliphatic hydroxyl groups excluding tert-OH is 1. The fraction of sp³-hybridized carbons (Fsp3) is 0.700. The minimum atomic E-state index is -0.497. The van der Waals surface area contributed by atoms with Crippen molar-refractivity contribution in [1.29, 1.82) is 0 Å². The van der Waals surface area contributed by atoms with Gasteiger partial charge in [0.05, 0.1) is 23.0 Å². The van der Waals surface area contributed by atoms with Crippen molar-refractivity contribution >= 4 is 5.95 Å². The Labute approximate surface area is 90.0 Å². The Balaban J connectivity index is 2.86. The molecule has 2 N–H and O–H groups in total. The van der Waals surface area contributed by atoms with Gasteiger partial charge in [0.15, 0.2) is 0 Å². The fourth-order valence-corrected chi connectivity index (χ4v) is 0.902. The largest absolute Gasteiger partial charge is 0.391 e. The molecular formula is C10H18N4O. The molecule has 0 saturated heterocycles. The molecule has 1 rings (SSSR count). The van der Waals surface area contributed by atoms with E-state index in [9.17, 15) is 5.11 Å². The highest BCUT2D eigenvalue weighted by Gasteiger charge is 2.24. The summed E-state index contributed by atoms with van der Waals surface area (Å²) in [5.41, 5.74) is 1.19. The third-order valence-corrected chi connectivity index (χ3v) is 2.57. The molecule has 1 atom stereocenters. The second kappa shape index (κ2) is 4.10. The monoisotopic (exact) mass is 210 g/mol. The first-order valence-corrected chi connectivity index (χ1v) is 4.97. The molecule has 0 spiro atoms. The molecule has 1 aromatic rings. The van der Waals surface area contributed by atoms with E-state index in [1.807, 2.05) is 27.7 Å². The molecule has 0 aromatic carbocycles. The lowest BCUT2D eigenvalue weighted by Crippen LogP contribution is -2.42. The number of aryl methyl sites for hydroxylation is 2. The SMILES string of the molecule is Cc1nnc(NC(C)(C)C(C)O)nc1C. The van der Waals surface area contributed by atoms with Gasteiger partial charge in [-0.1, -0.05) is 0 Å². The molecular weight excluding hydrogens is 192 g/mol. The second-order valence-corrected chi connectivity index (χ2v) is 4.33. The molecule has 0 saturated carbocycles. The molecule has 0 aliphatic rings. The first kappa shape index (κ1) is 11.8. The Morgan fingerprint density at radius 3 is 2.27 bits per heavy atom. The normalized spacial score (nSPS) is 13.7. The maximum atomic E-state index is 9.53. The number of anilines is 1. The summed E-state index contributed by atoms with van der Waals surface area (Å²) >= 11 is 0. The van der Waals surface area contributed by atoms with E-state index in [1.54, 1.807) is 6.92 Å². The topological polar surface area (TPSA) is 70.9 Å². The molecule has 5 heteroatoms. The average Bonchev–Trinajstić information content (AvgIpc) is 2.10. The van der Waals surface area contributed by atoms with E-state index in [-0.39, 0.29) is 0 Å². The van der Waals surface area contributed by atoms with Crippen molar-refractivity contribution in [2.45, 2.75) is 46.3 Å². The highest BCUT2D eigenvalue weighted by Crippen LogP contribution is 2.14. The summed E-state index contributed by atoms with van der Waals surface area (Å²) < 4.78 is 0. The summed E-state index contributed by atoms with van der Waals surface area (Å²) in [5.74, 6) is 0.448. The van der Waals surface area contributed by atoms with Crippen LogP contribution in [0.2, 0.25) is 0 Å². The van der Waals surface area contributed by atoms with E-state index in [0.717, 1.165) is 11.4 Å². The molecule has 5 nitrogen and oxygen atoms in total. The number of nitrogens with one attached hydrogen (secondary N) is 1. The molecule has 0 aliphatic carbocycles. The first-order valence-electron chi connectivity index (χ1n) is 4.97. The Hall–Kier alpha value is -1.23. The molecule has 0 amide bonds. The molecule has 1 heterocycles. The number of aliphatic hydroxyl groups is 1. The summed E-state index contributed by atoms with van der Waals surface area (Å²) in [4.78, 5) is 4.24. The van der Waals surface area contributed by atoms with E-state index in [2.05, 4.69) is 20.5 Å². The number of aromatic nitrogens is 3. The number of hydrogen-bond donors (Lipinski definition) is 2. The third kappa shape index (κ3) is 2.86. The van der Waals surface area contributed by atoms with Gasteiger partial charge < -0.3 is 10.4 Å². The van der Waals surface area contributed by atoms with Crippen molar-refractivity contribution < 1.29 is 5.11 Å². The first-order chi connectivity index (χ1) is 6.83. The Bertz CT molecular complexity index is 349. The maximum Gasteiger partial charge on any atom is 0.243 e. The van der Waals surface area contributed by atoms with Gasteiger partial charge in [0.25, 0.3) is 0 Å². The van der Waals surface area contributed by atoms with Crippen LogP contribution in [0.4, 0.5) is 5.95 Å². The van der Waals surface area contributed by atoms with Gasteiger partial charge in [-0.25, -0.2) is 4.98 Å². The average molecular weight is 210 g/mol. The lowest BCUT2D eigenvalue weighted by atomic mass is 9.99. The Morgan fingerprint density at radius 2 is 1.80 bits per heavy atom. The van der Waals surface area contributed by atoms with Crippen LogP contribution >= 0.6 is 0 Å². The molecule has 0 bridgehead atoms. The molecule has 0 radical (unpaired) electrons. The van der Waals surface area contributed by atoms with Crippen molar-refractivity contribution in [3.63, 3.8) is 0 Å². The zero-order valence-electron chi connectivity index (χ0n) is 9.87. The molecule has 84 valence electrons. The fourth-order valence-electron chi connectivity index (χ4n) is 0.902. The van der Waals surface area contributed by atoms with Crippen LogP contribution in [-0.4, -0.2) is 31.9 Å². The van der Waals surface area contributed by atoms with E-state index in [0.29, 0.717) is 5.95 Å². The molecule has 0 aliphatic heterocycles. The van der Waals surface area contributed by atoms with Gasteiger partial charge in [-0.3, -0.25) is 0 Å². The van der Waals surface area contributed by atoms with E-state index < -0.39 is 11.6 Å². The molecule has 1 unspecified atom stereocenters. The zero-order chi connectivity index (χ0) is 11.6. The van der Waals surface area contributed by atoms with Crippen LogP contribution in [0.15, 0.2) is 0 Å². The van der Waals surface area contributed by atoms with Crippen LogP contribution in [-0.2, 0) is 0 Å². The smallest absolute Gasteiger partial charge is 0.243 e. The third-order valence-electron chi connectivity index (χ3n) is 2.57. The summed E-state index contributed by atoms with van der Waals surface area (Å²) in [6.07, 6.45) is -0.497. The van der Waals surface area contributed by atoms with Crippen LogP contribution in [0.1, 0.15) is 32.2 Å². The molecule has 15 heavy (non-hydrogen) atoms. The van der Waals surface area contributed by atoms with Crippen LogP contribution in [0.25, 0.3) is 0 Å². The highest BCUT2D eigenvalue weighted by atomic mass is 16.3. The van der Waals surface area contributed by atoms with Crippen LogP contribution in [0, 0.1) is 13.8 Å². The quantitative estimate of drug-likeness (QED) is 0.780. The minimum absolute atomic E-state index is 0.448. The van der Waals surface area contributed by atoms with Crippen LogP contribution < -0.4 is 5.32 Å². The second-order valence-electron chi connectivity index (χ2n) is 4.33. The maximum absolute atomic E-state index is 9.53. The lowest BCUT2D eigenvalue weighted by Gasteiger charge is -2.29. The number of rotatable bonds is 3. The highest BCUT2D eigenvalue weighted by molar-refractivity contribution is 5.29. The van der Waals surface area contributed by atoms with Crippen molar-refractivity contribution in [3.05, 3.63) is 11.4 Å². The summed E-state index contributed by atoms with van der Waals surface area (Å²) in [6.45, 7) is 9.23. The minimum Gasteiger partial charge on any atom is -0.391 e. The molecule has 1 aromatic heterocycles. The van der Waals surface area contributed by atoms with Crippen molar-refractivity contribution in [2.75, 3.05) is 5.32 Å². The van der Waals surface area contributed by atoms with Crippen LogP contribution in [0.3, 0.4) is 0 Å². The van der Waals surface area contributed by atoms with Gasteiger partial charge in [0, 0.05) is 0 Å². The molecule has 0 fully saturated rings. The van der Waals surface area contributed by atoms with Crippen molar-refractivity contribution in [3.8, 4) is 0 Å². The summed E-state index contributed by atoms with van der Waals surface area (Å²) in [5, 5.41) is 20.5. The van der Waals surface area contributed by atoms with E-state index in [1.165, 1.54) is 0 Å². The number of hydrogen-bond acceptors (Lipinski definition) is 5. The van der Waals surface area contributed by atoms with E-state index in [4.69, 9.17) is 0 Å². The van der Waals surface area contributed by atoms with Gasteiger partial charge >= 0.3 is 0 Å². The van der Waals surface area contributed by atoms with Gasteiger partial charge in [-0.05, 0) is 34.6 Å². The summed E-state index contributed by atoms with van der Waals surface area (Å²) in [7, 11) is 0. The summed E-state index contributed by atoms with van der Waals surface area (Å²) in [6, 6.07) is 0. The predicted molar refractivity (Wildman–Crippen MR) is 58.7 cm³/mol. The van der Waals surface area contributed by atoms with E-state index >= 15 is 0 Å².